The van der Waals surface area contributed by atoms with Crippen LogP contribution in [0.25, 0.3) is 10.6 Å². The average molecular weight is 262 g/mol. The van der Waals surface area contributed by atoms with Gasteiger partial charge in [-0.15, -0.1) is 11.3 Å². The van der Waals surface area contributed by atoms with E-state index in [0.717, 1.165) is 26.7 Å². The molecule has 0 bridgehead atoms. The lowest BCUT2D eigenvalue weighted by molar-refractivity contribution is 0.0594. The molecule has 1 aromatic heterocycles. The number of hydrogen-bond acceptors (Lipinski definition) is 5. The van der Waals surface area contributed by atoms with Crippen LogP contribution in [0.2, 0.25) is 0 Å². The zero-order valence-corrected chi connectivity index (χ0v) is 11.3. The molecule has 5 heteroatoms. The number of esters is 1. The highest BCUT2D eigenvalue weighted by molar-refractivity contribution is 7.15. The number of thiazole rings is 1. The van der Waals surface area contributed by atoms with Gasteiger partial charge in [0.2, 0.25) is 0 Å². The zero-order chi connectivity index (χ0) is 13.3. The minimum Gasteiger partial charge on any atom is -0.464 e. The second-order valence-electron chi connectivity index (χ2n) is 3.94. The standard InChI is InChI=1S/C13H14N2O2S/c1-7-9(5-4-6-10(7)14)12-15-11(8(2)18-12)13(16)17-3/h4-6H,14H2,1-3H3. The first-order valence-corrected chi connectivity index (χ1v) is 6.27. The van der Waals surface area contributed by atoms with Crippen LogP contribution in [-0.2, 0) is 4.74 Å². The van der Waals surface area contributed by atoms with Gasteiger partial charge in [-0.2, -0.15) is 0 Å². The molecule has 0 unspecified atom stereocenters. The number of ether oxygens (including phenoxy) is 1. The lowest BCUT2D eigenvalue weighted by Gasteiger charge is -2.04. The van der Waals surface area contributed by atoms with E-state index < -0.39 is 5.97 Å². The van der Waals surface area contributed by atoms with Crippen LogP contribution >= 0.6 is 11.3 Å². The molecular formula is C13H14N2O2S. The van der Waals surface area contributed by atoms with Crippen LogP contribution in [0, 0.1) is 13.8 Å². The molecule has 0 fully saturated rings. The van der Waals surface area contributed by atoms with Gasteiger partial charge in [0.25, 0.3) is 0 Å². The number of aryl methyl sites for hydroxylation is 1. The van der Waals surface area contributed by atoms with Crippen LogP contribution in [-0.4, -0.2) is 18.1 Å². The number of hydrogen-bond donors (Lipinski definition) is 1. The fourth-order valence-electron chi connectivity index (χ4n) is 1.68. The Morgan fingerprint density at radius 2 is 2.11 bits per heavy atom. The summed E-state index contributed by atoms with van der Waals surface area (Å²) in [7, 11) is 1.35. The summed E-state index contributed by atoms with van der Waals surface area (Å²) >= 11 is 1.47. The molecule has 0 aliphatic rings. The van der Waals surface area contributed by atoms with Gasteiger partial charge in [-0.1, -0.05) is 12.1 Å². The van der Waals surface area contributed by atoms with Crippen LogP contribution in [0.3, 0.4) is 0 Å². The molecule has 1 aromatic carbocycles. The van der Waals surface area contributed by atoms with Crippen LogP contribution in [0.15, 0.2) is 18.2 Å². The largest absolute Gasteiger partial charge is 0.464 e. The molecule has 2 N–H and O–H groups in total. The topological polar surface area (TPSA) is 65.2 Å². The second kappa shape index (κ2) is 4.78. The Morgan fingerprint density at radius 3 is 2.78 bits per heavy atom. The number of nitrogens with zero attached hydrogens (tertiary/aromatic N) is 1. The number of benzene rings is 1. The number of carbonyl (C=O) groups is 1. The fraction of sp³-hybridized carbons (Fsp3) is 0.231. The van der Waals surface area contributed by atoms with Gasteiger partial charge in [0.15, 0.2) is 5.69 Å². The minimum absolute atomic E-state index is 0.374. The van der Waals surface area contributed by atoms with Gasteiger partial charge in [0.1, 0.15) is 5.01 Å². The van der Waals surface area contributed by atoms with Crippen molar-refractivity contribution in [2.24, 2.45) is 0 Å². The maximum absolute atomic E-state index is 11.5. The second-order valence-corrected chi connectivity index (χ2v) is 5.14. The summed E-state index contributed by atoms with van der Waals surface area (Å²) in [5.41, 5.74) is 8.90. The molecular weight excluding hydrogens is 248 g/mol. The van der Waals surface area contributed by atoms with Crippen LogP contribution < -0.4 is 5.73 Å². The average Bonchev–Trinajstić information content (AvgIpc) is 2.73. The van der Waals surface area contributed by atoms with Crippen molar-refractivity contribution in [2.45, 2.75) is 13.8 Å². The molecule has 0 atom stereocenters. The quantitative estimate of drug-likeness (QED) is 0.667. The SMILES string of the molecule is COC(=O)c1nc(-c2cccc(N)c2C)sc1C. The minimum atomic E-state index is -0.406. The maximum atomic E-state index is 11.5. The van der Waals surface area contributed by atoms with Gasteiger partial charge in [-0.25, -0.2) is 9.78 Å². The fourth-order valence-corrected chi connectivity index (χ4v) is 2.67. The van der Waals surface area contributed by atoms with E-state index in [9.17, 15) is 4.79 Å². The highest BCUT2D eigenvalue weighted by Gasteiger charge is 2.17. The third kappa shape index (κ3) is 2.09. The smallest absolute Gasteiger partial charge is 0.357 e. The molecule has 2 aromatic rings. The van der Waals surface area contributed by atoms with E-state index >= 15 is 0 Å². The summed E-state index contributed by atoms with van der Waals surface area (Å²) in [5, 5.41) is 0.790. The third-order valence-electron chi connectivity index (χ3n) is 2.78. The van der Waals surface area contributed by atoms with Gasteiger partial charge in [0, 0.05) is 16.1 Å². The van der Waals surface area contributed by atoms with E-state index in [4.69, 9.17) is 10.5 Å². The van der Waals surface area contributed by atoms with Crippen molar-refractivity contribution in [1.29, 1.82) is 0 Å². The highest BCUT2D eigenvalue weighted by atomic mass is 32.1. The Labute approximate surface area is 109 Å². The number of nitrogens with two attached hydrogens (primary N) is 1. The number of rotatable bonds is 2. The third-order valence-corrected chi connectivity index (χ3v) is 3.79. The van der Waals surface area contributed by atoms with E-state index in [-0.39, 0.29) is 0 Å². The van der Waals surface area contributed by atoms with Crippen molar-refractivity contribution < 1.29 is 9.53 Å². The Bertz CT molecular complexity index is 605. The molecule has 0 spiro atoms. The summed E-state index contributed by atoms with van der Waals surface area (Å²) < 4.78 is 4.70. The first-order chi connectivity index (χ1) is 8.54. The molecule has 1 heterocycles. The predicted molar refractivity (Wildman–Crippen MR) is 72.8 cm³/mol. The van der Waals surface area contributed by atoms with Crippen molar-refractivity contribution >= 4 is 23.0 Å². The summed E-state index contributed by atoms with van der Waals surface area (Å²) in [5.74, 6) is -0.406. The van der Waals surface area contributed by atoms with Crippen molar-refractivity contribution in [2.75, 3.05) is 12.8 Å². The van der Waals surface area contributed by atoms with Gasteiger partial charge >= 0.3 is 5.97 Å². The summed E-state index contributed by atoms with van der Waals surface area (Å²) in [6.45, 7) is 3.80. The summed E-state index contributed by atoms with van der Waals surface area (Å²) in [6, 6.07) is 5.68. The molecule has 2 rings (SSSR count). The van der Waals surface area contributed by atoms with Crippen LogP contribution in [0.1, 0.15) is 20.9 Å². The Hall–Kier alpha value is -1.88. The van der Waals surface area contributed by atoms with Gasteiger partial charge < -0.3 is 10.5 Å². The maximum Gasteiger partial charge on any atom is 0.357 e. The Kier molecular flexibility index (Phi) is 3.34. The van der Waals surface area contributed by atoms with Crippen molar-refractivity contribution in [3.8, 4) is 10.6 Å². The lowest BCUT2D eigenvalue weighted by atomic mass is 10.1. The summed E-state index contributed by atoms with van der Waals surface area (Å²) in [6.07, 6.45) is 0. The van der Waals surface area contributed by atoms with E-state index in [1.807, 2.05) is 32.0 Å². The molecule has 4 nitrogen and oxygen atoms in total. The first kappa shape index (κ1) is 12.6. The molecule has 18 heavy (non-hydrogen) atoms. The monoisotopic (exact) mass is 262 g/mol. The molecule has 0 radical (unpaired) electrons. The van der Waals surface area contributed by atoms with Crippen molar-refractivity contribution in [3.63, 3.8) is 0 Å². The van der Waals surface area contributed by atoms with Crippen molar-refractivity contribution in [3.05, 3.63) is 34.3 Å². The van der Waals surface area contributed by atoms with Crippen LogP contribution in [0.4, 0.5) is 5.69 Å². The van der Waals surface area contributed by atoms with Gasteiger partial charge in [-0.05, 0) is 25.5 Å². The number of methoxy groups -OCH3 is 1. The summed E-state index contributed by atoms with van der Waals surface area (Å²) in [4.78, 5) is 16.7. The Balaban J connectivity index is 2.53. The van der Waals surface area contributed by atoms with Gasteiger partial charge in [-0.3, -0.25) is 0 Å². The molecule has 0 amide bonds. The van der Waals surface area contributed by atoms with E-state index in [2.05, 4.69) is 4.98 Å². The number of aromatic nitrogens is 1. The number of carbonyl (C=O) groups excluding carboxylic acids is 1. The molecule has 94 valence electrons. The normalized spacial score (nSPS) is 10.4. The zero-order valence-electron chi connectivity index (χ0n) is 10.5. The number of nitrogen functional groups attached to an aromatic ring is 1. The van der Waals surface area contributed by atoms with E-state index in [1.165, 1.54) is 18.4 Å². The predicted octanol–water partition coefficient (Wildman–Crippen LogP) is 2.80. The van der Waals surface area contributed by atoms with Crippen molar-refractivity contribution in [1.82, 2.24) is 4.98 Å². The first-order valence-electron chi connectivity index (χ1n) is 5.45. The highest BCUT2D eigenvalue weighted by Crippen LogP contribution is 2.32. The molecule has 0 saturated carbocycles. The van der Waals surface area contributed by atoms with E-state index in [0.29, 0.717) is 5.69 Å². The van der Waals surface area contributed by atoms with Gasteiger partial charge in [0.05, 0.1) is 7.11 Å². The van der Waals surface area contributed by atoms with Crippen LogP contribution in [0.5, 0.6) is 0 Å². The Morgan fingerprint density at radius 1 is 1.39 bits per heavy atom. The lowest BCUT2D eigenvalue weighted by Crippen LogP contribution is -2.03. The number of anilines is 1. The van der Waals surface area contributed by atoms with E-state index in [1.54, 1.807) is 0 Å². The molecule has 0 aliphatic carbocycles. The molecule has 0 aliphatic heterocycles. The molecule has 0 saturated heterocycles.